The summed E-state index contributed by atoms with van der Waals surface area (Å²) in [6, 6.07) is 0. The number of hydrogen-bond acceptors (Lipinski definition) is 5. The van der Waals surface area contributed by atoms with Crippen molar-refractivity contribution in [3.63, 3.8) is 0 Å². The number of carbonyl (C=O) groups is 2. The van der Waals surface area contributed by atoms with Crippen molar-refractivity contribution in [2.24, 2.45) is 0 Å². The van der Waals surface area contributed by atoms with E-state index in [0.29, 0.717) is 12.8 Å². The van der Waals surface area contributed by atoms with E-state index in [1.54, 1.807) is 0 Å². The monoisotopic (exact) mass is 725 g/mol. The van der Waals surface area contributed by atoms with Crippen molar-refractivity contribution in [2.75, 3.05) is 13.2 Å². The molecule has 52 heavy (non-hydrogen) atoms. The molecule has 0 unspecified atom stereocenters. The molecular weight excluding hydrogens is 645 g/mol. The first-order chi connectivity index (χ1) is 25.6. The average Bonchev–Trinajstić information content (AvgIpc) is 3.15. The van der Waals surface area contributed by atoms with Crippen LogP contribution in [0.3, 0.4) is 0 Å². The van der Waals surface area contributed by atoms with Crippen molar-refractivity contribution in [2.45, 2.75) is 200 Å². The van der Waals surface area contributed by atoms with E-state index in [1.807, 2.05) is 0 Å². The van der Waals surface area contributed by atoms with Crippen molar-refractivity contribution >= 4 is 11.9 Å². The topological polar surface area (TPSA) is 72.8 Å². The third kappa shape index (κ3) is 41.8. The van der Waals surface area contributed by atoms with E-state index in [1.165, 1.54) is 96.3 Å². The molecule has 0 saturated carbocycles. The Kier molecular flexibility index (Phi) is 40.6. The van der Waals surface area contributed by atoms with Gasteiger partial charge in [-0.1, -0.05) is 164 Å². The number of unbranched alkanes of at least 4 members (excludes halogenated alkanes) is 18. The molecule has 0 aromatic carbocycles. The van der Waals surface area contributed by atoms with Gasteiger partial charge in [-0.25, -0.2) is 0 Å². The number of carbonyl (C=O) groups excluding carboxylic acids is 2. The summed E-state index contributed by atoms with van der Waals surface area (Å²) in [4.78, 5) is 24.0. The summed E-state index contributed by atoms with van der Waals surface area (Å²) in [6.45, 7) is 4.21. The van der Waals surface area contributed by atoms with Gasteiger partial charge in [-0.05, 0) is 89.9 Å². The van der Waals surface area contributed by atoms with Crippen molar-refractivity contribution in [1.82, 2.24) is 0 Å². The third-order valence-corrected chi connectivity index (χ3v) is 8.91. The highest BCUT2D eigenvalue weighted by Crippen LogP contribution is 2.12. The summed E-state index contributed by atoms with van der Waals surface area (Å²) in [7, 11) is 0. The molecule has 0 saturated heterocycles. The zero-order valence-electron chi connectivity index (χ0n) is 33.8. The van der Waals surface area contributed by atoms with Crippen molar-refractivity contribution in [1.29, 1.82) is 0 Å². The molecule has 5 nitrogen and oxygen atoms in total. The van der Waals surface area contributed by atoms with Gasteiger partial charge in [0.05, 0.1) is 0 Å². The second-order valence-electron chi connectivity index (χ2n) is 14.1. The van der Waals surface area contributed by atoms with E-state index in [9.17, 15) is 14.7 Å². The quantitative estimate of drug-likeness (QED) is 0.0390. The van der Waals surface area contributed by atoms with Gasteiger partial charge >= 0.3 is 11.9 Å². The fraction of sp³-hybridized carbons (Fsp3) is 0.702. The Morgan fingerprint density at radius 3 is 1.02 bits per heavy atom. The van der Waals surface area contributed by atoms with E-state index in [-0.39, 0.29) is 25.2 Å². The summed E-state index contributed by atoms with van der Waals surface area (Å²) in [5.74, 6) is -0.608. The third-order valence-electron chi connectivity index (χ3n) is 8.91. The van der Waals surface area contributed by atoms with Crippen LogP contribution in [0.2, 0.25) is 0 Å². The highest BCUT2D eigenvalue weighted by molar-refractivity contribution is 5.69. The van der Waals surface area contributed by atoms with Gasteiger partial charge in [-0.2, -0.15) is 0 Å². The van der Waals surface area contributed by atoms with E-state index in [2.05, 4.69) is 86.8 Å². The Bertz CT molecular complexity index is 957. The lowest BCUT2D eigenvalue weighted by atomic mass is 10.1. The lowest BCUT2D eigenvalue weighted by Crippen LogP contribution is -2.25. The molecule has 0 amide bonds. The SMILES string of the molecule is CCCCC/C=C\C/C=C\C/C=C\C/C=C\CCCCCC(=O)OC[C@H](O)COC(=O)CCCCCCCCCCC/C=C\C/C=C\CCCCC. The van der Waals surface area contributed by atoms with Gasteiger partial charge in [-0.15, -0.1) is 0 Å². The predicted octanol–water partition coefficient (Wildman–Crippen LogP) is 13.7. The summed E-state index contributed by atoms with van der Waals surface area (Å²) in [5.41, 5.74) is 0. The van der Waals surface area contributed by atoms with E-state index in [4.69, 9.17) is 9.47 Å². The maximum atomic E-state index is 12.0. The maximum Gasteiger partial charge on any atom is 0.305 e. The van der Waals surface area contributed by atoms with Gasteiger partial charge < -0.3 is 14.6 Å². The zero-order valence-corrected chi connectivity index (χ0v) is 33.8. The van der Waals surface area contributed by atoms with Crippen LogP contribution < -0.4 is 0 Å². The molecule has 0 aromatic rings. The lowest BCUT2D eigenvalue weighted by Gasteiger charge is -2.12. The molecule has 0 spiro atoms. The standard InChI is InChI=1S/C47H80O5/c1-3-5-7-9-11-13-15-17-19-21-23-25-27-29-31-33-35-37-39-41-46(49)51-43-45(48)44-52-47(50)42-40-38-36-34-32-30-28-26-24-22-20-18-16-14-12-10-8-6-4-2/h11-14,17-20,23,25,29,31,45,48H,3-10,15-16,21-22,24,26-28,30,32-44H2,1-2H3/b13-11-,14-12-,19-17-,20-18-,25-23-,31-29-/t45-/m0/s1. The van der Waals surface area contributed by atoms with E-state index < -0.39 is 6.10 Å². The molecule has 0 aliphatic rings. The van der Waals surface area contributed by atoms with Crippen molar-refractivity contribution < 1.29 is 24.2 Å². The van der Waals surface area contributed by atoms with Crippen LogP contribution in [0, 0.1) is 0 Å². The lowest BCUT2D eigenvalue weighted by molar-refractivity contribution is -0.152. The van der Waals surface area contributed by atoms with Gasteiger partial charge in [0, 0.05) is 12.8 Å². The first kappa shape index (κ1) is 49.3. The Morgan fingerprint density at radius 2 is 0.673 bits per heavy atom. The van der Waals surface area contributed by atoms with Crippen LogP contribution in [0.25, 0.3) is 0 Å². The van der Waals surface area contributed by atoms with Gasteiger partial charge in [0.2, 0.25) is 0 Å². The predicted molar refractivity (Wildman–Crippen MR) is 223 cm³/mol. The van der Waals surface area contributed by atoms with Crippen LogP contribution in [-0.2, 0) is 19.1 Å². The van der Waals surface area contributed by atoms with Crippen LogP contribution in [0.1, 0.15) is 194 Å². The Balaban J connectivity index is 3.52. The Labute approximate surface area is 321 Å². The van der Waals surface area contributed by atoms with Crippen LogP contribution in [0.5, 0.6) is 0 Å². The summed E-state index contributed by atoms with van der Waals surface area (Å²) in [6.07, 6.45) is 56.7. The number of ether oxygens (including phenoxy) is 2. The van der Waals surface area contributed by atoms with E-state index >= 15 is 0 Å². The first-order valence-corrected chi connectivity index (χ1v) is 21.5. The Morgan fingerprint density at radius 1 is 0.404 bits per heavy atom. The molecule has 0 radical (unpaired) electrons. The highest BCUT2D eigenvalue weighted by atomic mass is 16.6. The maximum absolute atomic E-state index is 12.0. The molecule has 298 valence electrons. The molecule has 0 bridgehead atoms. The van der Waals surface area contributed by atoms with Crippen LogP contribution >= 0.6 is 0 Å². The Hall–Kier alpha value is -2.66. The summed E-state index contributed by atoms with van der Waals surface area (Å²) in [5, 5.41) is 10.0. The molecule has 0 heterocycles. The smallest absolute Gasteiger partial charge is 0.305 e. The molecule has 1 N–H and O–H groups in total. The number of hydrogen-bond donors (Lipinski definition) is 1. The second-order valence-corrected chi connectivity index (χ2v) is 14.1. The number of allylic oxidation sites excluding steroid dienone is 12. The van der Waals surface area contributed by atoms with Gasteiger partial charge in [0.1, 0.15) is 19.3 Å². The molecule has 0 rings (SSSR count). The summed E-state index contributed by atoms with van der Waals surface area (Å²) >= 11 is 0. The normalized spacial score (nSPS) is 12.9. The van der Waals surface area contributed by atoms with Gasteiger partial charge in [-0.3, -0.25) is 9.59 Å². The van der Waals surface area contributed by atoms with Crippen molar-refractivity contribution in [3.8, 4) is 0 Å². The fourth-order valence-electron chi connectivity index (χ4n) is 5.63. The molecule has 0 aliphatic carbocycles. The fourth-order valence-corrected chi connectivity index (χ4v) is 5.63. The molecule has 1 atom stereocenters. The van der Waals surface area contributed by atoms with E-state index in [0.717, 1.165) is 70.6 Å². The number of aliphatic hydroxyl groups is 1. The minimum absolute atomic E-state index is 0.132. The van der Waals surface area contributed by atoms with Crippen LogP contribution in [-0.4, -0.2) is 36.4 Å². The van der Waals surface area contributed by atoms with Gasteiger partial charge in [0.15, 0.2) is 0 Å². The number of rotatable bonds is 38. The van der Waals surface area contributed by atoms with Gasteiger partial charge in [0.25, 0.3) is 0 Å². The van der Waals surface area contributed by atoms with Crippen molar-refractivity contribution in [3.05, 3.63) is 72.9 Å². The molecular formula is C47H80O5. The molecule has 0 aromatic heterocycles. The molecule has 5 heteroatoms. The minimum atomic E-state index is -0.983. The second kappa shape index (κ2) is 42.8. The average molecular weight is 725 g/mol. The first-order valence-electron chi connectivity index (χ1n) is 21.5. The minimum Gasteiger partial charge on any atom is -0.463 e. The number of aliphatic hydroxyl groups excluding tert-OH is 1. The van der Waals surface area contributed by atoms with Crippen LogP contribution in [0.4, 0.5) is 0 Å². The largest absolute Gasteiger partial charge is 0.463 e. The molecule has 0 fully saturated rings. The number of esters is 2. The zero-order chi connectivity index (χ0) is 37.8. The summed E-state index contributed by atoms with van der Waals surface area (Å²) < 4.78 is 10.3. The molecule has 0 aliphatic heterocycles. The highest BCUT2D eigenvalue weighted by Gasteiger charge is 2.12. The van der Waals surface area contributed by atoms with Crippen LogP contribution in [0.15, 0.2) is 72.9 Å².